The number of nitrogens with zero attached hydrogens (tertiary/aromatic N) is 1. The van der Waals surface area contributed by atoms with E-state index in [9.17, 15) is 4.79 Å². The fourth-order valence-electron chi connectivity index (χ4n) is 3.59. The highest BCUT2D eigenvalue weighted by atomic mass is 79.9. The predicted octanol–water partition coefficient (Wildman–Crippen LogP) is 4.61. The monoisotopic (exact) mass is 436 g/mol. The van der Waals surface area contributed by atoms with Gasteiger partial charge in [0.2, 0.25) is 5.88 Å². The van der Waals surface area contributed by atoms with Crippen LogP contribution in [0, 0.1) is 5.92 Å². The van der Waals surface area contributed by atoms with Crippen LogP contribution in [0.3, 0.4) is 0 Å². The van der Waals surface area contributed by atoms with Gasteiger partial charge in [0, 0.05) is 16.2 Å². The Morgan fingerprint density at radius 1 is 1.30 bits per heavy atom. The highest BCUT2D eigenvalue weighted by Gasteiger charge is 2.24. The van der Waals surface area contributed by atoms with Gasteiger partial charge in [-0.15, -0.1) is 0 Å². The van der Waals surface area contributed by atoms with Crippen molar-refractivity contribution >= 4 is 32.8 Å². The number of benzene rings is 1. The van der Waals surface area contributed by atoms with Crippen LogP contribution in [0.2, 0.25) is 0 Å². The van der Waals surface area contributed by atoms with Crippen molar-refractivity contribution in [3.05, 3.63) is 29.8 Å². The van der Waals surface area contributed by atoms with E-state index in [1.807, 2.05) is 24.3 Å². The predicted molar refractivity (Wildman–Crippen MR) is 112 cm³/mol. The first-order valence-electron chi connectivity index (χ1n) is 9.91. The molecule has 1 aromatic heterocycles. The highest BCUT2D eigenvalue weighted by Crippen LogP contribution is 2.29. The first-order chi connectivity index (χ1) is 13.2. The summed E-state index contributed by atoms with van der Waals surface area (Å²) in [7, 11) is 0. The zero-order valence-corrected chi connectivity index (χ0v) is 17.6. The molecule has 0 atom stereocenters. The number of rotatable bonds is 9. The third-order valence-corrected chi connectivity index (χ3v) is 5.51. The van der Waals surface area contributed by atoms with Crippen molar-refractivity contribution in [3.8, 4) is 5.88 Å². The molecule has 1 aliphatic rings. The molecule has 0 bridgehead atoms. The maximum Gasteiger partial charge on any atom is 0.344 e. The summed E-state index contributed by atoms with van der Waals surface area (Å²) in [5.41, 5.74) is 1.39. The molecular weight excluding hydrogens is 408 g/mol. The van der Waals surface area contributed by atoms with Crippen molar-refractivity contribution in [3.63, 3.8) is 0 Å². The fourth-order valence-corrected chi connectivity index (χ4v) is 3.75. The minimum Gasteiger partial charge on any atom is -0.477 e. The second-order valence-electron chi connectivity index (χ2n) is 7.15. The van der Waals surface area contributed by atoms with Crippen LogP contribution in [0.4, 0.5) is 0 Å². The van der Waals surface area contributed by atoms with Crippen LogP contribution < -0.4 is 4.74 Å². The molecule has 27 heavy (non-hydrogen) atoms. The van der Waals surface area contributed by atoms with Gasteiger partial charge < -0.3 is 19.4 Å². The summed E-state index contributed by atoms with van der Waals surface area (Å²) < 4.78 is 11.4. The summed E-state index contributed by atoms with van der Waals surface area (Å²) in [6.45, 7) is 6.60. The molecule has 1 fully saturated rings. The fraction of sp³-hybridized carbons (Fsp3) is 0.571. The van der Waals surface area contributed by atoms with Crippen molar-refractivity contribution in [2.45, 2.75) is 32.6 Å². The third-order valence-electron chi connectivity index (χ3n) is 5.18. The smallest absolute Gasteiger partial charge is 0.344 e. The third kappa shape index (κ3) is 5.26. The van der Waals surface area contributed by atoms with Crippen molar-refractivity contribution in [1.82, 2.24) is 9.88 Å². The van der Waals surface area contributed by atoms with Gasteiger partial charge in [0.1, 0.15) is 5.56 Å². The van der Waals surface area contributed by atoms with E-state index < -0.39 is 0 Å². The van der Waals surface area contributed by atoms with Crippen LogP contribution in [-0.2, 0) is 4.74 Å². The van der Waals surface area contributed by atoms with E-state index in [0.29, 0.717) is 35.9 Å². The number of carbonyl (C=O) groups excluding carboxylic acids is 1. The lowest BCUT2D eigenvalue weighted by Gasteiger charge is -2.31. The first kappa shape index (κ1) is 20.2. The Bertz CT molecular complexity index is 738. The average molecular weight is 437 g/mol. The summed E-state index contributed by atoms with van der Waals surface area (Å²) in [6, 6.07) is 7.73. The normalized spacial score (nSPS) is 15.9. The number of hydrogen-bond donors (Lipinski definition) is 1. The molecule has 6 heteroatoms. The molecule has 0 saturated carbocycles. The number of esters is 1. The number of hydrogen-bond acceptors (Lipinski definition) is 4. The number of H-pyrrole nitrogens is 1. The maximum absolute atomic E-state index is 12.8. The van der Waals surface area contributed by atoms with Crippen LogP contribution in [-0.4, -0.2) is 54.0 Å². The Labute approximate surface area is 169 Å². The largest absolute Gasteiger partial charge is 0.477 e. The zero-order valence-electron chi connectivity index (χ0n) is 16.0. The number of nitrogens with one attached hydrogen (secondary N) is 1. The molecule has 5 nitrogen and oxygen atoms in total. The lowest BCUT2D eigenvalue weighted by molar-refractivity contribution is 0.0370. The molecule has 1 aliphatic heterocycles. The number of halogens is 1. The number of unbranched alkanes of at least 4 members (excludes halogenated alkanes) is 1. The van der Waals surface area contributed by atoms with Gasteiger partial charge in [0.15, 0.2) is 0 Å². The maximum atomic E-state index is 12.8. The van der Waals surface area contributed by atoms with Crippen molar-refractivity contribution in [2.75, 3.05) is 38.2 Å². The van der Waals surface area contributed by atoms with Gasteiger partial charge in [-0.3, -0.25) is 0 Å². The second-order valence-corrected chi connectivity index (χ2v) is 7.94. The lowest BCUT2D eigenvalue weighted by Crippen LogP contribution is -2.36. The van der Waals surface area contributed by atoms with Crippen molar-refractivity contribution < 1.29 is 14.3 Å². The van der Waals surface area contributed by atoms with Crippen LogP contribution in [0.15, 0.2) is 24.3 Å². The number of piperidine rings is 1. The number of para-hydroxylation sites is 1. The Hall–Kier alpha value is -1.53. The number of aromatic amines is 1. The summed E-state index contributed by atoms with van der Waals surface area (Å²) in [5.74, 6) is 0.643. The molecule has 0 amide bonds. The van der Waals surface area contributed by atoms with E-state index in [0.717, 1.165) is 36.8 Å². The molecule has 0 aliphatic carbocycles. The Morgan fingerprint density at radius 2 is 2.07 bits per heavy atom. The van der Waals surface area contributed by atoms with E-state index in [-0.39, 0.29) is 5.97 Å². The summed E-state index contributed by atoms with van der Waals surface area (Å²) >= 11 is 3.36. The number of alkyl halides is 1. The number of ether oxygens (including phenoxy) is 2. The Morgan fingerprint density at radius 3 is 2.81 bits per heavy atom. The van der Waals surface area contributed by atoms with Gasteiger partial charge in [-0.05, 0) is 50.9 Å². The van der Waals surface area contributed by atoms with Crippen LogP contribution in [0.5, 0.6) is 5.88 Å². The van der Waals surface area contributed by atoms with Gasteiger partial charge in [0.05, 0.1) is 13.2 Å². The van der Waals surface area contributed by atoms with Gasteiger partial charge in [-0.1, -0.05) is 47.5 Å². The zero-order chi connectivity index (χ0) is 19.1. The molecule has 0 spiro atoms. The molecule has 3 rings (SSSR count). The molecule has 1 aromatic carbocycles. The molecule has 0 radical (unpaired) electrons. The average Bonchev–Trinajstić information content (AvgIpc) is 3.08. The van der Waals surface area contributed by atoms with Crippen LogP contribution in [0.1, 0.15) is 43.0 Å². The standard InChI is InChI=1S/C21H29BrN2O3/c1-2-3-11-24-12-8-16(9-13-24)15-27-21(25)19-17-6-4-5-7-18(17)23-20(19)26-14-10-22/h4-7,16,23H,2-3,8-15H2,1H3. The number of carbonyl (C=O) groups is 1. The van der Waals surface area contributed by atoms with E-state index in [4.69, 9.17) is 9.47 Å². The van der Waals surface area contributed by atoms with Gasteiger partial charge in [-0.25, -0.2) is 4.79 Å². The van der Waals surface area contributed by atoms with E-state index in [1.54, 1.807) is 0 Å². The van der Waals surface area contributed by atoms with Gasteiger partial charge in [-0.2, -0.15) is 0 Å². The molecule has 2 heterocycles. The summed E-state index contributed by atoms with van der Waals surface area (Å²) in [6.07, 6.45) is 4.69. The van der Waals surface area contributed by atoms with Crippen molar-refractivity contribution in [1.29, 1.82) is 0 Å². The Kier molecular flexibility index (Phi) is 7.59. The minimum absolute atomic E-state index is 0.301. The number of likely N-dealkylation sites (tertiary alicyclic amines) is 1. The molecule has 1 N–H and O–H groups in total. The lowest BCUT2D eigenvalue weighted by atomic mass is 9.97. The number of fused-ring (bicyclic) bond motifs is 1. The summed E-state index contributed by atoms with van der Waals surface area (Å²) in [5, 5.41) is 1.55. The van der Waals surface area contributed by atoms with E-state index in [2.05, 4.69) is 32.7 Å². The topological polar surface area (TPSA) is 54.6 Å². The first-order valence-corrected chi connectivity index (χ1v) is 11.0. The molecule has 0 unspecified atom stereocenters. The quantitative estimate of drug-likeness (QED) is 0.460. The SMILES string of the molecule is CCCCN1CCC(COC(=O)c2c(OCCBr)[nH]c3ccccc23)CC1. The van der Waals surface area contributed by atoms with E-state index >= 15 is 0 Å². The molecule has 1 saturated heterocycles. The van der Waals surface area contributed by atoms with Crippen LogP contribution in [0.25, 0.3) is 10.9 Å². The van der Waals surface area contributed by atoms with Crippen molar-refractivity contribution in [2.24, 2.45) is 5.92 Å². The minimum atomic E-state index is -0.301. The highest BCUT2D eigenvalue weighted by molar-refractivity contribution is 9.09. The number of aromatic nitrogens is 1. The van der Waals surface area contributed by atoms with Crippen LogP contribution >= 0.6 is 15.9 Å². The van der Waals surface area contributed by atoms with E-state index in [1.165, 1.54) is 19.4 Å². The summed E-state index contributed by atoms with van der Waals surface area (Å²) in [4.78, 5) is 18.5. The molecule has 148 valence electrons. The van der Waals surface area contributed by atoms with Gasteiger partial charge >= 0.3 is 5.97 Å². The Balaban J connectivity index is 1.60. The molecule has 2 aromatic rings. The molecular formula is C21H29BrN2O3. The second kappa shape index (κ2) is 10.1. The van der Waals surface area contributed by atoms with Gasteiger partial charge in [0.25, 0.3) is 0 Å².